The number of nitrogens with zero attached hydrogens (tertiary/aromatic N) is 4. The van der Waals surface area contributed by atoms with Crippen LogP contribution in [0.25, 0.3) is 0 Å². The van der Waals surface area contributed by atoms with Crippen molar-refractivity contribution in [3.05, 3.63) is 0 Å². The second-order valence-electron chi connectivity index (χ2n) is 5.51. The minimum atomic E-state index is -0.829. The molecule has 1 aromatic rings. The Morgan fingerprint density at radius 2 is 2.24 bits per heavy atom. The maximum atomic E-state index is 10.8. The fraction of sp³-hybridized carbons (Fsp3) is 0.769. The highest BCUT2D eigenvalue weighted by molar-refractivity contribution is 7.99. The van der Waals surface area contributed by atoms with Gasteiger partial charge in [-0.05, 0) is 25.7 Å². The summed E-state index contributed by atoms with van der Waals surface area (Å²) >= 11 is 1.25. The molecule has 21 heavy (non-hydrogen) atoms. The standard InChI is InChI=1S/C13H20N4O3S/c1-20-10-3-2-6-16(7-10)12-14-15-13(21-8-11(18)19)17(12)9-4-5-9/h9-10H,2-8H2,1H3,(H,18,19). The summed E-state index contributed by atoms with van der Waals surface area (Å²) in [4.78, 5) is 13.0. The first-order valence-electron chi connectivity index (χ1n) is 7.26. The number of ether oxygens (including phenoxy) is 1. The summed E-state index contributed by atoms with van der Waals surface area (Å²) in [6, 6.07) is 0.425. The second-order valence-corrected chi connectivity index (χ2v) is 6.45. The number of methoxy groups -OCH3 is 1. The molecule has 0 aromatic carbocycles. The second kappa shape index (κ2) is 6.23. The molecule has 3 rings (SSSR count). The molecule has 116 valence electrons. The Labute approximate surface area is 127 Å². The SMILES string of the molecule is COC1CCCN(c2nnc(SCC(=O)O)n2C2CC2)C1. The molecule has 0 spiro atoms. The maximum absolute atomic E-state index is 10.8. The number of rotatable bonds is 6. The third kappa shape index (κ3) is 3.32. The Morgan fingerprint density at radius 1 is 1.43 bits per heavy atom. The van der Waals surface area contributed by atoms with Gasteiger partial charge >= 0.3 is 5.97 Å². The van der Waals surface area contributed by atoms with Crippen molar-refractivity contribution in [3.8, 4) is 0 Å². The lowest BCUT2D eigenvalue weighted by Crippen LogP contribution is -2.40. The Balaban J connectivity index is 1.79. The topological polar surface area (TPSA) is 80.5 Å². The van der Waals surface area contributed by atoms with Crippen molar-refractivity contribution < 1.29 is 14.6 Å². The van der Waals surface area contributed by atoms with E-state index in [4.69, 9.17) is 9.84 Å². The van der Waals surface area contributed by atoms with Crippen LogP contribution in [0.3, 0.4) is 0 Å². The van der Waals surface area contributed by atoms with Crippen LogP contribution in [0.2, 0.25) is 0 Å². The van der Waals surface area contributed by atoms with Crippen LogP contribution in [0.4, 0.5) is 5.95 Å². The van der Waals surface area contributed by atoms with Gasteiger partial charge in [-0.25, -0.2) is 0 Å². The lowest BCUT2D eigenvalue weighted by atomic mass is 10.1. The number of aliphatic carboxylic acids is 1. The van der Waals surface area contributed by atoms with E-state index in [2.05, 4.69) is 19.7 Å². The number of carbonyl (C=O) groups is 1. The molecule has 2 aliphatic rings. The van der Waals surface area contributed by atoms with Crippen LogP contribution in [-0.2, 0) is 9.53 Å². The summed E-state index contributed by atoms with van der Waals surface area (Å²) in [5.74, 6) is 0.0578. The molecule has 0 amide bonds. The molecule has 2 heterocycles. The number of hydrogen-bond donors (Lipinski definition) is 1. The van der Waals surface area contributed by atoms with Crippen molar-refractivity contribution in [2.75, 3.05) is 30.9 Å². The monoisotopic (exact) mass is 312 g/mol. The van der Waals surface area contributed by atoms with E-state index in [-0.39, 0.29) is 11.9 Å². The fourth-order valence-electron chi connectivity index (χ4n) is 2.67. The summed E-state index contributed by atoms with van der Waals surface area (Å²) in [6.07, 6.45) is 4.62. The first kappa shape index (κ1) is 14.6. The molecule has 1 unspecified atom stereocenters. The fourth-order valence-corrected chi connectivity index (χ4v) is 3.40. The van der Waals surface area contributed by atoms with Crippen LogP contribution in [-0.4, -0.2) is 57.9 Å². The number of piperidine rings is 1. The van der Waals surface area contributed by atoms with Gasteiger partial charge in [0.15, 0.2) is 5.16 Å². The molecule has 0 radical (unpaired) electrons. The Kier molecular flexibility index (Phi) is 4.34. The highest BCUT2D eigenvalue weighted by Crippen LogP contribution is 2.41. The number of carboxylic acids is 1. The van der Waals surface area contributed by atoms with Gasteiger partial charge in [0.1, 0.15) is 0 Å². The molecule has 1 aliphatic carbocycles. The largest absolute Gasteiger partial charge is 0.481 e. The third-order valence-corrected chi connectivity index (χ3v) is 4.81. The molecule has 0 bridgehead atoms. The number of anilines is 1. The maximum Gasteiger partial charge on any atom is 0.313 e. The van der Waals surface area contributed by atoms with Crippen LogP contribution in [0.1, 0.15) is 31.7 Å². The van der Waals surface area contributed by atoms with Crippen molar-refractivity contribution in [2.45, 2.75) is 43.0 Å². The molecule has 1 saturated heterocycles. The van der Waals surface area contributed by atoms with Crippen molar-refractivity contribution in [1.29, 1.82) is 0 Å². The molecular weight excluding hydrogens is 292 g/mol. The van der Waals surface area contributed by atoms with E-state index in [1.165, 1.54) is 11.8 Å². The van der Waals surface area contributed by atoms with Crippen LogP contribution in [0.5, 0.6) is 0 Å². The quantitative estimate of drug-likeness (QED) is 0.795. The predicted octanol–water partition coefficient (Wildman–Crippen LogP) is 1.40. The zero-order valence-electron chi connectivity index (χ0n) is 12.1. The van der Waals surface area contributed by atoms with Gasteiger partial charge in [-0.15, -0.1) is 10.2 Å². The Bertz CT molecular complexity index is 518. The normalized spacial score (nSPS) is 22.5. The van der Waals surface area contributed by atoms with Gasteiger partial charge in [0.05, 0.1) is 11.9 Å². The minimum Gasteiger partial charge on any atom is -0.481 e. The van der Waals surface area contributed by atoms with Crippen molar-refractivity contribution in [3.63, 3.8) is 0 Å². The van der Waals surface area contributed by atoms with Crippen LogP contribution in [0, 0.1) is 0 Å². The molecule has 1 N–H and O–H groups in total. The number of thioether (sulfide) groups is 1. The molecule has 2 fully saturated rings. The van der Waals surface area contributed by atoms with E-state index in [0.29, 0.717) is 6.04 Å². The summed E-state index contributed by atoms with van der Waals surface area (Å²) < 4.78 is 7.58. The minimum absolute atomic E-state index is 0.0194. The summed E-state index contributed by atoms with van der Waals surface area (Å²) in [6.45, 7) is 1.78. The Morgan fingerprint density at radius 3 is 2.90 bits per heavy atom. The van der Waals surface area contributed by atoms with Gasteiger partial charge in [-0.2, -0.15) is 0 Å². The van der Waals surface area contributed by atoms with Crippen LogP contribution in [0.15, 0.2) is 5.16 Å². The summed E-state index contributed by atoms with van der Waals surface area (Å²) in [5, 5.41) is 18.1. The van der Waals surface area contributed by atoms with Gasteiger partial charge in [-0.3, -0.25) is 9.36 Å². The smallest absolute Gasteiger partial charge is 0.313 e. The van der Waals surface area contributed by atoms with Crippen molar-refractivity contribution >= 4 is 23.7 Å². The summed E-state index contributed by atoms with van der Waals surface area (Å²) in [5.41, 5.74) is 0. The number of aromatic nitrogens is 3. The van der Waals surface area contributed by atoms with E-state index < -0.39 is 5.97 Å². The predicted molar refractivity (Wildman–Crippen MR) is 78.9 cm³/mol. The van der Waals surface area contributed by atoms with E-state index in [1.54, 1.807) is 7.11 Å². The van der Waals surface area contributed by atoms with Gasteiger partial charge in [0.25, 0.3) is 0 Å². The van der Waals surface area contributed by atoms with Crippen molar-refractivity contribution in [1.82, 2.24) is 14.8 Å². The van der Waals surface area contributed by atoms with Gasteiger partial charge in [-0.1, -0.05) is 11.8 Å². The van der Waals surface area contributed by atoms with Crippen LogP contribution >= 0.6 is 11.8 Å². The van der Waals surface area contributed by atoms with Crippen LogP contribution < -0.4 is 4.90 Å². The molecular formula is C13H20N4O3S. The zero-order chi connectivity index (χ0) is 14.8. The molecule has 1 saturated carbocycles. The first-order chi connectivity index (χ1) is 10.2. The lowest BCUT2D eigenvalue weighted by molar-refractivity contribution is -0.133. The zero-order valence-corrected chi connectivity index (χ0v) is 12.9. The van der Waals surface area contributed by atoms with E-state index in [1.807, 2.05) is 0 Å². The molecule has 8 heteroatoms. The highest BCUT2D eigenvalue weighted by atomic mass is 32.2. The first-order valence-corrected chi connectivity index (χ1v) is 8.25. The lowest BCUT2D eigenvalue weighted by Gasteiger charge is -2.32. The van der Waals surface area contributed by atoms with Gasteiger partial charge in [0.2, 0.25) is 5.95 Å². The molecule has 7 nitrogen and oxygen atoms in total. The molecule has 1 aliphatic heterocycles. The number of hydrogen-bond acceptors (Lipinski definition) is 6. The van der Waals surface area contributed by atoms with E-state index >= 15 is 0 Å². The highest BCUT2D eigenvalue weighted by Gasteiger charge is 2.33. The van der Waals surface area contributed by atoms with E-state index in [0.717, 1.165) is 49.9 Å². The third-order valence-electron chi connectivity index (χ3n) is 3.88. The van der Waals surface area contributed by atoms with Crippen molar-refractivity contribution in [2.24, 2.45) is 0 Å². The molecule has 1 aromatic heterocycles. The van der Waals surface area contributed by atoms with Gasteiger partial charge in [0, 0.05) is 26.2 Å². The van der Waals surface area contributed by atoms with E-state index in [9.17, 15) is 4.79 Å². The average molecular weight is 312 g/mol. The average Bonchev–Trinajstić information content (AvgIpc) is 3.24. The number of carboxylic acid groups (broad SMARTS) is 1. The molecule has 1 atom stereocenters. The Hall–Kier alpha value is -1.28. The summed E-state index contributed by atoms with van der Waals surface area (Å²) in [7, 11) is 1.74. The van der Waals surface area contributed by atoms with Gasteiger partial charge < -0.3 is 14.7 Å².